The number of nitrogens with two attached hydrogens (primary N) is 1. The van der Waals surface area contributed by atoms with Crippen molar-refractivity contribution >= 4 is 17.7 Å². The van der Waals surface area contributed by atoms with Gasteiger partial charge < -0.3 is 16.4 Å². The van der Waals surface area contributed by atoms with E-state index in [2.05, 4.69) is 10.6 Å². The number of hydrogen-bond acceptors (Lipinski definition) is 3. The number of halogens is 4. The second kappa shape index (κ2) is 10.1. The fourth-order valence-corrected chi connectivity index (χ4v) is 2.92. The molecule has 0 radical (unpaired) electrons. The molecule has 0 bridgehead atoms. The number of nitrogens with one attached hydrogen (secondary N) is 2. The highest BCUT2D eigenvalue weighted by molar-refractivity contribution is 5.91. The van der Waals surface area contributed by atoms with Gasteiger partial charge in [-0.3, -0.25) is 14.4 Å². The van der Waals surface area contributed by atoms with Crippen molar-refractivity contribution in [3.05, 3.63) is 71.0 Å². The first-order valence-electron chi connectivity index (χ1n) is 9.23. The summed E-state index contributed by atoms with van der Waals surface area (Å²) in [5, 5.41) is 4.81. The molecule has 10 heteroatoms. The van der Waals surface area contributed by atoms with E-state index in [-0.39, 0.29) is 18.4 Å². The molecular weight excluding hydrogens is 418 g/mol. The van der Waals surface area contributed by atoms with Crippen LogP contribution in [0.1, 0.15) is 23.6 Å². The zero-order valence-electron chi connectivity index (χ0n) is 16.5. The van der Waals surface area contributed by atoms with Crippen LogP contribution >= 0.6 is 0 Å². The van der Waals surface area contributed by atoms with Crippen molar-refractivity contribution in [2.75, 3.05) is 0 Å². The second-order valence-corrected chi connectivity index (χ2v) is 6.95. The summed E-state index contributed by atoms with van der Waals surface area (Å²) in [6, 6.07) is 7.16. The molecule has 0 saturated carbocycles. The summed E-state index contributed by atoms with van der Waals surface area (Å²) in [5.74, 6) is -2.70. The van der Waals surface area contributed by atoms with E-state index in [1.165, 1.54) is 43.3 Å². The van der Waals surface area contributed by atoms with E-state index < -0.39 is 47.4 Å². The van der Waals surface area contributed by atoms with Crippen molar-refractivity contribution < 1.29 is 31.9 Å². The Morgan fingerprint density at radius 3 is 2.10 bits per heavy atom. The Bertz CT molecular complexity index is 946. The molecule has 0 unspecified atom stereocenters. The first-order chi connectivity index (χ1) is 14.5. The number of carbonyl (C=O) groups is 3. The van der Waals surface area contributed by atoms with Crippen molar-refractivity contribution in [2.24, 2.45) is 5.73 Å². The lowest BCUT2D eigenvalue weighted by atomic mass is 10.0. The van der Waals surface area contributed by atoms with Crippen LogP contribution < -0.4 is 16.4 Å². The maximum Gasteiger partial charge on any atom is 0.416 e. The molecule has 2 atom stereocenters. The Morgan fingerprint density at radius 2 is 1.55 bits per heavy atom. The molecule has 2 rings (SSSR count). The molecule has 2 aromatic rings. The van der Waals surface area contributed by atoms with Gasteiger partial charge in [-0.15, -0.1) is 0 Å². The van der Waals surface area contributed by atoms with Crippen molar-refractivity contribution in [3.63, 3.8) is 0 Å². The Balaban J connectivity index is 2.17. The highest BCUT2D eigenvalue weighted by Crippen LogP contribution is 2.29. The average Bonchev–Trinajstić information content (AvgIpc) is 2.67. The molecule has 6 nitrogen and oxygen atoms in total. The van der Waals surface area contributed by atoms with Gasteiger partial charge >= 0.3 is 6.18 Å². The lowest BCUT2D eigenvalue weighted by Crippen LogP contribution is -2.54. The van der Waals surface area contributed by atoms with Crippen LogP contribution in [0.15, 0.2) is 48.5 Å². The predicted octanol–water partition coefficient (Wildman–Crippen LogP) is 2.10. The minimum absolute atomic E-state index is 0.000728. The van der Waals surface area contributed by atoms with Crippen molar-refractivity contribution in [1.82, 2.24) is 10.6 Å². The minimum Gasteiger partial charge on any atom is -0.368 e. The van der Waals surface area contributed by atoms with E-state index in [0.717, 1.165) is 12.1 Å². The van der Waals surface area contributed by atoms with Gasteiger partial charge in [0.25, 0.3) is 0 Å². The van der Waals surface area contributed by atoms with E-state index >= 15 is 0 Å². The summed E-state index contributed by atoms with van der Waals surface area (Å²) < 4.78 is 51.8. The Hall–Kier alpha value is -3.43. The molecule has 0 spiro atoms. The fraction of sp³-hybridized carbons (Fsp3) is 0.286. The molecule has 166 valence electrons. The monoisotopic (exact) mass is 439 g/mol. The Kier molecular flexibility index (Phi) is 7.73. The molecule has 0 aliphatic heterocycles. The summed E-state index contributed by atoms with van der Waals surface area (Å²) in [6.07, 6.45) is -4.83. The van der Waals surface area contributed by atoms with Crippen LogP contribution in [0, 0.1) is 5.82 Å². The van der Waals surface area contributed by atoms with E-state index in [0.29, 0.717) is 5.56 Å². The van der Waals surface area contributed by atoms with Gasteiger partial charge in [0, 0.05) is 19.8 Å². The molecule has 0 saturated heterocycles. The van der Waals surface area contributed by atoms with Crippen LogP contribution in [0.2, 0.25) is 0 Å². The third kappa shape index (κ3) is 7.40. The molecule has 0 aliphatic carbocycles. The van der Waals surface area contributed by atoms with Gasteiger partial charge in [-0.25, -0.2) is 4.39 Å². The standard InChI is InChI=1S/C21H21F4N3O3/c1-12(29)27-18(10-13-5-7-16(22)8-6-13)20(31)28-17(19(26)30)11-14-3-2-4-15(9-14)21(23,24)25/h2-9,17-18H,10-11H2,1H3,(H2,26,30)(H,27,29)(H,28,31)/t17-,18+/m0/s1. The molecule has 0 aliphatic rings. The summed E-state index contributed by atoms with van der Waals surface area (Å²) in [4.78, 5) is 36.0. The largest absolute Gasteiger partial charge is 0.416 e. The van der Waals surface area contributed by atoms with Crippen LogP contribution in [-0.2, 0) is 33.4 Å². The number of rotatable bonds is 8. The number of carbonyl (C=O) groups excluding carboxylic acids is 3. The van der Waals surface area contributed by atoms with E-state index in [1.807, 2.05) is 0 Å². The van der Waals surface area contributed by atoms with Crippen LogP contribution in [0.3, 0.4) is 0 Å². The van der Waals surface area contributed by atoms with E-state index in [9.17, 15) is 31.9 Å². The van der Waals surface area contributed by atoms with Gasteiger partial charge in [0.15, 0.2) is 0 Å². The number of alkyl halides is 3. The quantitative estimate of drug-likeness (QED) is 0.549. The van der Waals surface area contributed by atoms with Gasteiger partial charge in [0.05, 0.1) is 5.56 Å². The highest BCUT2D eigenvalue weighted by Gasteiger charge is 2.31. The van der Waals surface area contributed by atoms with Gasteiger partial charge in [-0.2, -0.15) is 13.2 Å². The van der Waals surface area contributed by atoms with E-state index in [1.54, 1.807) is 0 Å². The SMILES string of the molecule is CC(=O)N[C@H](Cc1ccc(F)cc1)C(=O)N[C@@H](Cc1cccc(C(F)(F)F)c1)C(N)=O. The van der Waals surface area contributed by atoms with E-state index in [4.69, 9.17) is 5.73 Å². The van der Waals surface area contributed by atoms with Crippen molar-refractivity contribution in [3.8, 4) is 0 Å². The second-order valence-electron chi connectivity index (χ2n) is 6.95. The first kappa shape index (κ1) is 23.8. The molecule has 0 heterocycles. The zero-order valence-corrected chi connectivity index (χ0v) is 16.5. The number of hydrogen-bond donors (Lipinski definition) is 3. The maximum absolute atomic E-state index is 13.1. The van der Waals surface area contributed by atoms with Gasteiger partial charge in [-0.1, -0.05) is 30.3 Å². The maximum atomic E-state index is 13.1. The predicted molar refractivity (Wildman–Crippen MR) is 104 cm³/mol. The lowest BCUT2D eigenvalue weighted by Gasteiger charge is -2.22. The first-order valence-corrected chi connectivity index (χ1v) is 9.23. The fourth-order valence-electron chi connectivity index (χ4n) is 2.92. The van der Waals surface area contributed by atoms with Crippen LogP contribution in [0.25, 0.3) is 0 Å². The minimum atomic E-state index is -4.56. The summed E-state index contributed by atoms with van der Waals surface area (Å²) in [6.45, 7) is 1.19. The normalized spacial score (nSPS) is 13.2. The van der Waals surface area contributed by atoms with Gasteiger partial charge in [0.2, 0.25) is 17.7 Å². The van der Waals surface area contributed by atoms with Crippen LogP contribution in [0.4, 0.5) is 17.6 Å². The van der Waals surface area contributed by atoms with Gasteiger partial charge in [0.1, 0.15) is 17.9 Å². The summed E-state index contributed by atoms with van der Waals surface area (Å²) in [5.41, 5.74) is 5.12. The molecule has 2 aromatic carbocycles. The number of amides is 3. The van der Waals surface area contributed by atoms with Crippen molar-refractivity contribution in [1.29, 1.82) is 0 Å². The third-order valence-corrected chi connectivity index (χ3v) is 4.40. The number of primary amides is 1. The molecule has 31 heavy (non-hydrogen) atoms. The third-order valence-electron chi connectivity index (χ3n) is 4.40. The van der Waals surface area contributed by atoms with Crippen LogP contribution in [-0.4, -0.2) is 29.8 Å². The molecular formula is C21H21F4N3O3. The molecule has 3 amide bonds. The van der Waals surface area contributed by atoms with Gasteiger partial charge in [-0.05, 0) is 29.3 Å². The Morgan fingerprint density at radius 1 is 0.935 bits per heavy atom. The summed E-state index contributed by atoms with van der Waals surface area (Å²) in [7, 11) is 0. The topological polar surface area (TPSA) is 101 Å². The smallest absolute Gasteiger partial charge is 0.368 e. The molecule has 0 aromatic heterocycles. The zero-order chi connectivity index (χ0) is 23.2. The molecule has 0 fully saturated rings. The highest BCUT2D eigenvalue weighted by atomic mass is 19.4. The van der Waals surface area contributed by atoms with Crippen molar-refractivity contribution in [2.45, 2.75) is 38.0 Å². The Labute approximate surface area is 175 Å². The average molecular weight is 439 g/mol. The lowest BCUT2D eigenvalue weighted by molar-refractivity contribution is -0.137. The van der Waals surface area contributed by atoms with Crippen LogP contribution in [0.5, 0.6) is 0 Å². The number of benzene rings is 2. The molecule has 4 N–H and O–H groups in total. The summed E-state index contributed by atoms with van der Waals surface area (Å²) >= 11 is 0.